The molecule has 3 nitrogen and oxygen atoms in total. The third-order valence-corrected chi connectivity index (χ3v) is 5.03. The van der Waals surface area contributed by atoms with E-state index in [9.17, 15) is 0 Å². The molecule has 0 aliphatic rings. The predicted octanol–water partition coefficient (Wildman–Crippen LogP) is 7.80. The third kappa shape index (κ3) is 7.02. The first kappa shape index (κ1) is 23.2. The Balaban J connectivity index is 1.59. The van der Waals surface area contributed by atoms with Crippen LogP contribution in [0.4, 0.5) is 0 Å². The molecule has 0 radical (unpaired) electrons. The number of para-hydroxylation sites is 1. The van der Waals surface area contributed by atoms with Crippen LogP contribution >= 0.6 is 11.6 Å². The minimum atomic E-state index is -0.289. The molecular formula is C27H31ClO3. The van der Waals surface area contributed by atoms with E-state index in [2.05, 4.69) is 19.9 Å². The number of hydrogen-bond donors (Lipinski definition) is 0. The molecular weight excluding hydrogens is 408 g/mol. The summed E-state index contributed by atoms with van der Waals surface area (Å²) in [4.78, 5) is 0. The topological polar surface area (TPSA) is 27.7 Å². The Bertz CT molecular complexity index is 991. The molecule has 0 unspecified atom stereocenters. The van der Waals surface area contributed by atoms with Crippen LogP contribution in [0.1, 0.15) is 45.7 Å². The van der Waals surface area contributed by atoms with Crippen LogP contribution < -0.4 is 9.47 Å². The Kier molecular flexibility index (Phi) is 7.30. The second kappa shape index (κ2) is 9.76. The van der Waals surface area contributed by atoms with Crippen molar-refractivity contribution in [2.75, 3.05) is 6.61 Å². The molecule has 0 saturated carbocycles. The van der Waals surface area contributed by atoms with Crippen LogP contribution in [0.2, 0.25) is 5.02 Å². The fourth-order valence-electron chi connectivity index (χ4n) is 3.17. The van der Waals surface area contributed by atoms with Crippen molar-refractivity contribution in [1.29, 1.82) is 0 Å². The fourth-order valence-corrected chi connectivity index (χ4v) is 3.38. The van der Waals surface area contributed by atoms with E-state index < -0.39 is 0 Å². The summed E-state index contributed by atoms with van der Waals surface area (Å²) in [5, 5.41) is 0.617. The van der Waals surface area contributed by atoms with Crippen molar-refractivity contribution in [2.45, 2.75) is 52.2 Å². The Morgan fingerprint density at radius 2 is 1.48 bits per heavy atom. The van der Waals surface area contributed by atoms with Gasteiger partial charge in [0.25, 0.3) is 0 Å². The van der Waals surface area contributed by atoms with Gasteiger partial charge < -0.3 is 14.2 Å². The van der Waals surface area contributed by atoms with Gasteiger partial charge in [0, 0.05) is 5.41 Å². The van der Waals surface area contributed by atoms with Gasteiger partial charge in [-0.1, -0.05) is 61.8 Å². The summed E-state index contributed by atoms with van der Waals surface area (Å²) in [5.74, 6) is 2.31. The van der Waals surface area contributed by atoms with Gasteiger partial charge >= 0.3 is 0 Å². The maximum atomic E-state index is 6.48. The highest BCUT2D eigenvalue weighted by Gasteiger charge is 2.23. The second-order valence-electron chi connectivity index (χ2n) is 9.30. The van der Waals surface area contributed by atoms with Crippen LogP contribution in [-0.4, -0.2) is 12.2 Å². The predicted molar refractivity (Wildman–Crippen MR) is 127 cm³/mol. The highest BCUT2D eigenvalue weighted by Crippen LogP contribution is 2.33. The fraction of sp³-hybridized carbons (Fsp3) is 0.333. The number of ether oxygens (including phenoxy) is 3. The third-order valence-electron chi connectivity index (χ3n) is 4.74. The molecule has 31 heavy (non-hydrogen) atoms. The van der Waals surface area contributed by atoms with Crippen molar-refractivity contribution >= 4 is 11.6 Å². The van der Waals surface area contributed by atoms with E-state index in [4.69, 9.17) is 25.8 Å². The molecule has 0 amide bonds. The molecule has 0 fully saturated rings. The zero-order valence-electron chi connectivity index (χ0n) is 18.9. The van der Waals surface area contributed by atoms with E-state index in [1.165, 1.54) is 0 Å². The molecule has 0 aliphatic carbocycles. The normalized spacial score (nSPS) is 11.9. The molecule has 0 heterocycles. The molecule has 3 aromatic carbocycles. The summed E-state index contributed by atoms with van der Waals surface area (Å²) in [6.07, 6.45) is 0. The Morgan fingerprint density at radius 3 is 2.16 bits per heavy atom. The molecule has 0 aliphatic heterocycles. The van der Waals surface area contributed by atoms with Crippen LogP contribution in [0.25, 0.3) is 0 Å². The first-order valence-electron chi connectivity index (χ1n) is 10.5. The molecule has 3 aromatic rings. The summed E-state index contributed by atoms with van der Waals surface area (Å²) in [6, 6.07) is 23.7. The van der Waals surface area contributed by atoms with E-state index in [0.717, 1.165) is 22.6 Å². The van der Waals surface area contributed by atoms with Crippen molar-refractivity contribution in [3.05, 3.63) is 88.9 Å². The highest BCUT2D eigenvalue weighted by atomic mass is 35.5. The molecule has 0 aromatic heterocycles. The van der Waals surface area contributed by atoms with E-state index >= 15 is 0 Å². The minimum absolute atomic E-state index is 0.192. The summed E-state index contributed by atoms with van der Waals surface area (Å²) in [7, 11) is 0. The summed E-state index contributed by atoms with van der Waals surface area (Å²) in [5.41, 5.74) is 1.70. The lowest BCUT2D eigenvalue weighted by atomic mass is 9.85. The summed E-state index contributed by atoms with van der Waals surface area (Å²) < 4.78 is 17.9. The lowest BCUT2D eigenvalue weighted by Crippen LogP contribution is -2.25. The zero-order chi connectivity index (χ0) is 22.5. The van der Waals surface area contributed by atoms with E-state index in [-0.39, 0.29) is 11.0 Å². The van der Waals surface area contributed by atoms with Crippen LogP contribution in [0, 0.1) is 0 Å². The van der Waals surface area contributed by atoms with Crippen LogP contribution in [0.3, 0.4) is 0 Å². The number of benzene rings is 3. The van der Waals surface area contributed by atoms with Gasteiger partial charge in [-0.25, -0.2) is 0 Å². The van der Waals surface area contributed by atoms with Crippen molar-refractivity contribution in [1.82, 2.24) is 0 Å². The average Bonchev–Trinajstić information content (AvgIpc) is 2.69. The smallest absolute Gasteiger partial charge is 0.138 e. The minimum Gasteiger partial charge on any atom is -0.487 e. The van der Waals surface area contributed by atoms with Gasteiger partial charge in [-0.15, -0.1) is 0 Å². The van der Waals surface area contributed by atoms with E-state index in [0.29, 0.717) is 24.0 Å². The maximum absolute atomic E-state index is 6.48. The van der Waals surface area contributed by atoms with Crippen molar-refractivity contribution in [3.63, 3.8) is 0 Å². The number of rotatable bonds is 8. The number of halogens is 1. The van der Waals surface area contributed by atoms with Crippen LogP contribution in [0.15, 0.2) is 72.8 Å². The molecule has 0 saturated heterocycles. The standard InChI is InChI=1S/C27H31ClO3/c1-26(2,3)31-25-15-14-21(17-24(25)28)27(4,5)19-29-18-20-10-9-13-23(16-20)30-22-11-7-6-8-12-22/h6-17H,18-19H2,1-5H3. The Hall–Kier alpha value is -2.49. The highest BCUT2D eigenvalue weighted by molar-refractivity contribution is 6.32. The molecule has 4 heteroatoms. The molecule has 0 bridgehead atoms. The Morgan fingerprint density at radius 1 is 0.774 bits per heavy atom. The van der Waals surface area contributed by atoms with E-state index in [1.54, 1.807) is 0 Å². The summed E-state index contributed by atoms with van der Waals surface area (Å²) >= 11 is 6.48. The molecule has 164 valence electrons. The lowest BCUT2D eigenvalue weighted by Gasteiger charge is -2.27. The molecule has 0 N–H and O–H groups in total. The first-order chi connectivity index (χ1) is 14.6. The second-order valence-corrected chi connectivity index (χ2v) is 9.71. The largest absolute Gasteiger partial charge is 0.487 e. The number of hydrogen-bond acceptors (Lipinski definition) is 3. The lowest BCUT2D eigenvalue weighted by molar-refractivity contribution is 0.0823. The van der Waals surface area contributed by atoms with Crippen molar-refractivity contribution in [2.24, 2.45) is 0 Å². The summed E-state index contributed by atoms with van der Waals surface area (Å²) in [6.45, 7) is 11.4. The van der Waals surface area contributed by atoms with Gasteiger partial charge in [-0.3, -0.25) is 0 Å². The quantitative estimate of drug-likeness (QED) is 0.359. The van der Waals surface area contributed by atoms with Crippen molar-refractivity contribution in [3.8, 4) is 17.2 Å². The zero-order valence-corrected chi connectivity index (χ0v) is 19.7. The van der Waals surface area contributed by atoms with Crippen LogP contribution in [-0.2, 0) is 16.8 Å². The average molecular weight is 439 g/mol. The molecule has 3 rings (SSSR count). The van der Waals surface area contributed by atoms with E-state index in [1.807, 2.05) is 87.5 Å². The monoisotopic (exact) mass is 438 g/mol. The molecule has 0 spiro atoms. The SMILES string of the molecule is CC(C)(C)Oc1ccc(C(C)(C)COCc2cccc(Oc3ccccc3)c2)cc1Cl. The van der Waals surface area contributed by atoms with Crippen LogP contribution in [0.5, 0.6) is 17.2 Å². The van der Waals surface area contributed by atoms with Gasteiger partial charge in [0.2, 0.25) is 0 Å². The van der Waals surface area contributed by atoms with Gasteiger partial charge in [0.05, 0.1) is 18.2 Å². The van der Waals surface area contributed by atoms with Gasteiger partial charge in [-0.2, -0.15) is 0 Å². The first-order valence-corrected chi connectivity index (χ1v) is 10.9. The van der Waals surface area contributed by atoms with Crippen molar-refractivity contribution < 1.29 is 14.2 Å². The molecule has 0 atom stereocenters. The van der Waals surface area contributed by atoms with Gasteiger partial charge in [0.1, 0.15) is 22.8 Å². The Labute approximate surface area is 190 Å². The van der Waals surface area contributed by atoms with Gasteiger partial charge in [0.15, 0.2) is 0 Å². The van der Waals surface area contributed by atoms with Gasteiger partial charge in [-0.05, 0) is 68.3 Å². The maximum Gasteiger partial charge on any atom is 0.138 e.